The van der Waals surface area contributed by atoms with Crippen molar-refractivity contribution in [3.8, 4) is 0 Å². The third kappa shape index (κ3) is 10.1. The van der Waals surface area contributed by atoms with Gasteiger partial charge in [-0.05, 0) is 94.0 Å². The first kappa shape index (κ1) is 31.4. The van der Waals surface area contributed by atoms with E-state index in [9.17, 15) is 18.0 Å². The molecule has 1 aliphatic carbocycles. The van der Waals surface area contributed by atoms with Crippen molar-refractivity contribution < 1.29 is 18.0 Å². The van der Waals surface area contributed by atoms with Crippen molar-refractivity contribution in [3.05, 3.63) is 65.5 Å². The molecule has 0 bridgehead atoms. The van der Waals surface area contributed by atoms with Crippen molar-refractivity contribution in [2.75, 3.05) is 5.32 Å². The Bertz CT molecular complexity index is 1020. The van der Waals surface area contributed by atoms with E-state index < -0.39 is 11.6 Å². The number of carbonyl (C=O) groups is 1. The van der Waals surface area contributed by atoms with Crippen LogP contribution in [-0.2, 0) is 11.2 Å². The molecule has 3 N–H and O–H groups in total. The van der Waals surface area contributed by atoms with E-state index in [1.54, 1.807) is 6.07 Å². The van der Waals surface area contributed by atoms with E-state index in [1.807, 2.05) is 33.8 Å². The largest absolute Gasteiger partial charge is 0.380 e. The van der Waals surface area contributed by atoms with Crippen LogP contribution in [0.4, 0.5) is 18.9 Å². The number of anilines is 1. The van der Waals surface area contributed by atoms with Gasteiger partial charge in [0.2, 0.25) is 0 Å². The first-order chi connectivity index (χ1) is 18.2. The molecule has 1 saturated carbocycles. The zero-order valence-corrected chi connectivity index (χ0v) is 23.3. The van der Waals surface area contributed by atoms with Crippen LogP contribution in [0.1, 0.15) is 84.6 Å². The summed E-state index contributed by atoms with van der Waals surface area (Å²) in [5.41, 5.74) is 1.09. The van der Waals surface area contributed by atoms with E-state index in [0.29, 0.717) is 31.6 Å². The van der Waals surface area contributed by atoms with Crippen LogP contribution in [0.2, 0.25) is 0 Å². The molecular formula is C31H44F3N3O. The zero-order chi connectivity index (χ0) is 28.1. The Hall–Kier alpha value is -2.83. The lowest BCUT2D eigenvalue weighted by molar-refractivity contribution is -0.116. The van der Waals surface area contributed by atoms with Crippen LogP contribution < -0.4 is 10.6 Å². The van der Waals surface area contributed by atoms with Crippen LogP contribution in [0.5, 0.6) is 0 Å². The number of rotatable bonds is 12. The molecule has 3 atom stereocenters. The third-order valence-electron chi connectivity index (χ3n) is 7.40. The van der Waals surface area contributed by atoms with Crippen molar-refractivity contribution in [3.63, 3.8) is 0 Å². The molecular weight excluding hydrogens is 487 g/mol. The Morgan fingerprint density at radius 2 is 1.68 bits per heavy atom. The highest BCUT2D eigenvalue weighted by Gasteiger charge is 2.24. The van der Waals surface area contributed by atoms with E-state index in [1.165, 1.54) is 43.5 Å². The summed E-state index contributed by atoms with van der Waals surface area (Å²) < 4.78 is 41.3. The molecule has 7 heteroatoms. The summed E-state index contributed by atoms with van der Waals surface area (Å²) >= 11 is 0. The van der Waals surface area contributed by atoms with Crippen molar-refractivity contribution >= 4 is 17.3 Å². The van der Waals surface area contributed by atoms with Gasteiger partial charge < -0.3 is 10.6 Å². The molecule has 0 saturated heterocycles. The van der Waals surface area contributed by atoms with Gasteiger partial charge in [0.25, 0.3) is 5.91 Å². The fourth-order valence-electron chi connectivity index (χ4n) is 5.17. The monoisotopic (exact) mass is 531 g/mol. The second-order valence-electron chi connectivity index (χ2n) is 10.2. The van der Waals surface area contributed by atoms with Crippen LogP contribution in [0.25, 0.3) is 0 Å². The molecule has 4 nitrogen and oxygen atoms in total. The van der Waals surface area contributed by atoms with Gasteiger partial charge in [0.15, 0.2) is 0 Å². The van der Waals surface area contributed by atoms with Crippen LogP contribution >= 0.6 is 0 Å². The predicted molar refractivity (Wildman–Crippen MR) is 150 cm³/mol. The quantitative estimate of drug-likeness (QED) is 0.243. The van der Waals surface area contributed by atoms with E-state index in [-0.39, 0.29) is 41.1 Å². The van der Waals surface area contributed by atoms with E-state index >= 15 is 0 Å². The number of carbonyl (C=O) groups excluding carboxylic acids is 1. The highest BCUT2D eigenvalue weighted by Crippen LogP contribution is 2.27. The number of hydrogen-bond acceptors (Lipinski definition) is 3. The second-order valence-corrected chi connectivity index (χ2v) is 10.2. The normalized spacial score (nSPS) is 16.0. The number of halogens is 3. The average Bonchev–Trinajstić information content (AvgIpc) is 2.91. The molecule has 38 heavy (non-hydrogen) atoms. The molecule has 1 amide bonds. The maximum atomic E-state index is 14.2. The summed E-state index contributed by atoms with van der Waals surface area (Å²) in [6.45, 7) is 7.94. The molecule has 2 unspecified atom stereocenters. The van der Waals surface area contributed by atoms with Crippen molar-refractivity contribution in [1.82, 2.24) is 5.32 Å². The van der Waals surface area contributed by atoms with Gasteiger partial charge in [0, 0.05) is 18.2 Å². The first-order valence-electron chi connectivity index (χ1n) is 14.1. The standard InChI is InChI=1S/C29H38F3N3O.C2H6/c1-19(22-9-4-3-5-10-22)35-29(36)27(33)13-7-11-23(16-21-8-6-12-24(30)17-21)20(2)34-28-15-14-25(31)18-26(28)32;1-2/h6,8,12,14-15,17-20,22-23,33-34H,3-5,7,9-11,13,16H2,1-2H3,(H,35,36);1-2H3/t19-,20?,23?;/m0./s1. The van der Waals surface area contributed by atoms with E-state index in [2.05, 4.69) is 10.6 Å². The maximum Gasteiger partial charge on any atom is 0.265 e. The highest BCUT2D eigenvalue weighted by atomic mass is 19.1. The Balaban J connectivity index is 0.00000247. The lowest BCUT2D eigenvalue weighted by Gasteiger charge is -2.28. The minimum Gasteiger partial charge on any atom is -0.380 e. The Morgan fingerprint density at radius 3 is 2.34 bits per heavy atom. The molecule has 2 aromatic rings. The third-order valence-corrected chi connectivity index (χ3v) is 7.40. The maximum absolute atomic E-state index is 14.2. The number of amides is 1. The van der Waals surface area contributed by atoms with Crippen molar-refractivity contribution in [2.45, 2.75) is 97.6 Å². The first-order valence-corrected chi connectivity index (χ1v) is 14.1. The smallest absolute Gasteiger partial charge is 0.265 e. The molecule has 1 aliphatic rings. The second kappa shape index (κ2) is 16.2. The molecule has 0 aliphatic heterocycles. The van der Waals surface area contributed by atoms with Crippen molar-refractivity contribution in [1.29, 1.82) is 5.41 Å². The van der Waals surface area contributed by atoms with Crippen molar-refractivity contribution in [2.24, 2.45) is 11.8 Å². The minimum atomic E-state index is -0.670. The Kier molecular flexibility index (Phi) is 13.4. The lowest BCUT2D eigenvalue weighted by atomic mass is 9.84. The van der Waals surface area contributed by atoms with Gasteiger partial charge in [-0.15, -0.1) is 0 Å². The van der Waals surface area contributed by atoms with Crippen LogP contribution in [0, 0.1) is 34.7 Å². The summed E-state index contributed by atoms with van der Waals surface area (Å²) in [5, 5.41) is 14.4. The molecule has 0 aromatic heterocycles. The number of hydrogen-bond donors (Lipinski definition) is 3. The van der Waals surface area contributed by atoms with Gasteiger partial charge in [-0.3, -0.25) is 10.2 Å². The summed E-state index contributed by atoms with van der Waals surface area (Å²) in [6, 6.07) is 9.66. The predicted octanol–water partition coefficient (Wildman–Crippen LogP) is 8.06. The minimum absolute atomic E-state index is 0.0201. The number of nitrogens with one attached hydrogen (secondary N) is 3. The molecule has 210 valence electrons. The van der Waals surface area contributed by atoms with Gasteiger partial charge in [-0.2, -0.15) is 0 Å². The van der Waals surface area contributed by atoms with Gasteiger partial charge in [-0.1, -0.05) is 45.2 Å². The SMILES string of the molecule is CC.CC(Nc1ccc(F)cc1F)C(CCCC(=N)C(=O)N[C@@H](C)C1CCCCC1)Cc1cccc(F)c1. The molecule has 0 heterocycles. The molecule has 2 aromatic carbocycles. The fraction of sp³-hybridized carbons (Fsp3) is 0.548. The molecule has 3 rings (SSSR count). The zero-order valence-electron chi connectivity index (χ0n) is 23.3. The number of benzene rings is 2. The van der Waals surface area contributed by atoms with Gasteiger partial charge in [0.05, 0.1) is 11.4 Å². The van der Waals surface area contributed by atoms with Crippen LogP contribution in [-0.4, -0.2) is 23.7 Å². The van der Waals surface area contributed by atoms with Gasteiger partial charge in [0.1, 0.15) is 17.5 Å². The Labute approximate surface area is 226 Å². The highest BCUT2D eigenvalue weighted by molar-refractivity contribution is 6.37. The molecule has 0 radical (unpaired) electrons. The Morgan fingerprint density at radius 1 is 1.00 bits per heavy atom. The van der Waals surface area contributed by atoms with Gasteiger partial charge >= 0.3 is 0 Å². The van der Waals surface area contributed by atoms with Gasteiger partial charge in [-0.25, -0.2) is 13.2 Å². The molecule has 0 spiro atoms. The fourth-order valence-corrected chi connectivity index (χ4v) is 5.17. The summed E-state index contributed by atoms with van der Waals surface area (Å²) in [7, 11) is 0. The van der Waals surface area contributed by atoms with Crippen LogP contribution in [0.3, 0.4) is 0 Å². The average molecular weight is 532 g/mol. The van der Waals surface area contributed by atoms with E-state index in [4.69, 9.17) is 5.41 Å². The topological polar surface area (TPSA) is 65.0 Å². The lowest BCUT2D eigenvalue weighted by Crippen LogP contribution is -2.42. The summed E-state index contributed by atoms with van der Waals surface area (Å²) in [6.07, 6.45) is 8.03. The van der Waals surface area contributed by atoms with E-state index in [0.717, 1.165) is 24.5 Å². The summed E-state index contributed by atoms with van der Waals surface area (Å²) in [5.74, 6) is -1.48. The van der Waals surface area contributed by atoms with Crippen LogP contribution in [0.15, 0.2) is 42.5 Å². The molecule has 1 fully saturated rings. The summed E-state index contributed by atoms with van der Waals surface area (Å²) in [4.78, 5) is 12.6.